The number of nitrogens with zero attached hydrogens (tertiary/aromatic N) is 5. The molecule has 0 fully saturated rings. The van der Waals surface area contributed by atoms with Crippen LogP contribution in [0.2, 0.25) is 5.02 Å². The Morgan fingerprint density at radius 3 is 2.55 bits per heavy atom. The minimum Gasteiger partial charge on any atom is -0.494 e. The first-order chi connectivity index (χ1) is 15.7. The summed E-state index contributed by atoms with van der Waals surface area (Å²) in [6.45, 7) is 8.24. The van der Waals surface area contributed by atoms with Gasteiger partial charge in [-0.1, -0.05) is 49.7 Å². The lowest BCUT2D eigenvalue weighted by molar-refractivity contribution is 0.102. The highest BCUT2D eigenvalue weighted by Crippen LogP contribution is 2.30. The highest BCUT2D eigenvalue weighted by Gasteiger charge is 2.20. The highest BCUT2D eigenvalue weighted by atomic mass is 35.5. The Hall–Kier alpha value is -3.30. The molecule has 0 saturated heterocycles. The van der Waals surface area contributed by atoms with Gasteiger partial charge in [-0.15, -0.1) is 5.10 Å². The topological polar surface area (TPSA) is 94.8 Å². The van der Waals surface area contributed by atoms with Gasteiger partial charge in [-0.3, -0.25) is 10.1 Å². The number of ether oxygens (including phenoxy) is 1. The Labute approximate surface area is 200 Å². The van der Waals surface area contributed by atoms with Crippen LogP contribution in [0.25, 0.3) is 17.2 Å². The monoisotopic (exact) mass is 482 g/mol. The molecule has 8 nitrogen and oxygen atoms in total. The van der Waals surface area contributed by atoms with Gasteiger partial charge in [-0.25, -0.2) is 4.68 Å². The Morgan fingerprint density at radius 2 is 1.88 bits per heavy atom. The van der Waals surface area contributed by atoms with Crippen molar-refractivity contribution >= 4 is 34.2 Å². The van der Waals surface area contributed by atoms with Crippen molar-refractivity contribution in [3.8, 4) is 23.0 Å². The minimum atomic E-state index is -0.248. The first-order valence-corrected chi connectivity index (χ1v) is 11.3. The zero-order valence-corrected chi connectivity index (χ0v) is 20.5. The van der Waals surface area contributed by atoms with Crippen LogP contribution in [0.15, 0.2) is 42.5 Å². The maximum atomic E-state index is 12.6. The molecule has 2 aromatic heterocycles. The van der Waals surface area contributed by atoms with Gasteiger partial charge < -0.3 is 4.74 Å². The molecule has 1 N–H and O–H groups in total. The van der Waals surface area contributed by atoms with E-state index in [1.807, 2.05) is 31.2 Å². The van der Waals surface area contributed by atoms with Gasteiger partial charge in [0, 0.05) is 22.1 Å². The maximum Gasteiger partial charge on any atom is 0.257 e. The molecule has 0 radical (unpaired) electrons. The summed E-state index contributed by atoms with van der Waals surface area (Å²) in [6, 6.07) is 12.8. The van der Waals surface area contributed by atoms with E-state index in [0.29, 0.717) is 44.4 Å². The van der Waals surface area contributed by atoms with Gasteiger partial charge >= 0.3 is 0 Å². The van der Waals surface area contributed by atoms with E-state index in [2.05, 4.69) is 45.8 Å². The van der Waals surface area contributed by atoms with Gasteiger partial charge in [-0.05, 0) is 48.2 Å². The van der Waals surface area contributed by atoms with Crippen LogP contribution in [0.1, 0.15) is 42.4 Å². The number of halogens is 1. The van der Waals surface area contributed by atoms with Crippen molar-refractivity contribution < 1.29 is 9.53 Å². The van der Waals surface area contributed by atoms with Crippen molar-refractivity contribution in [3.05, 3.63) is 64.3 Å². The Morgan fingerprint density at radius 1 is 1.15 bits per heavy atom. The van der Waals surface area contributed by atoms with Crippen molar-refractivity contribution in [2.45, 2.75) is 33.1 Å². The summed E-state index contributed by atoms with van der Waals surface area (Å²) in [5.74, 6) is 0.737. The van der Waals surface area contributed by atoms with E-state index in [1.165, 1.54) is 0 Å². The molecular formula is C23H23ClN6O2S. The van der Waals surface area contributed by atoms with E-state index >= 15 is 0 Å². The van der Waals surface area contributed by atoms with Crippen LogP contribution in [0, 0.1) is 6.92 Å². The number of methoxy groups -OCH3 is 1. The number of anilines is 1. The molecule has 0 spiro atoms. The number of aromatic nitrogens is 5. The number of carbonyl (C=O) groups excluding carboxylic acids is 1. The molecule has 0 aliphatic carbocycles. The second-order valence-corrected chi connectivity index (χ2v) is 9.64. The molecule has 10 heteroatoms. The van der Waals surface area contributed by atoms with Gasteiger partial charge in [0.25, 0.3) is 5.91 Å². The number of carbonyl (C=O) groups is 1. The molecule has 2 aromatic carbocycles. The molecular weight excluding hydrogens is 460 g/mol. The number of hydrogen-bond acceptors (Lipinski definition) is 7. The SMILES string of the molecule is COc1ccc(Cl)cc1-n1nnc(-c2nsc(NC(=O)c3ccc(C(C)(C)C)cc3)n2)c1C. The van der Waals surface area contributed by atoms with E-state index in [-0.39, 0.29) is 11.3 Å². The van der Waals surface area contributed by atoms with E-state index in [4.69, 9.17) is 16.3 Å². The molecule has 170 valence electrons. The summed E-state index contributed by atoms with van der Waals surface area (Å²) in [7, 11) is 1.58. The van der Waals surface area contributed by atoms with Crippen LogP contribution in [-0.4, -0.2) is 37.4 Å². The molecule has 0 aliphatic rings. The van der Waals surface area contributed by atoms with Crippen LogP contribution >= 0.6 is 23.1 Å². The quantitative estimate of drug-likeness (QED) is 0.414. The number of amides is 1. The third-order valence-electron chi connectivity index (χ3n) is 5.14. The van der Waals surface area contributed by atoms with E-state index in [1.54, 1.807) is 30.0 Å². The van der Waals surface area contributed by atoms with Gasteiger partial charge in [0.1, 0.15) is 11.4 Å². The standard InChI is InChI=1S/C23H23ClN6O2S/c1-13-19(27-29-30(13)17-12-16(24)10-11-18(17)32-5)20-25-22(33-28-20)26-21(31)14-6-8-15(9-7-14)23(2,3)4/h6-12H,1-5H3,(H,25,26,28,31). The third-order valence-corrected chi connectivity index (χ3v) is 6.00. The first-order valence-electron chi connectivity index (χ1n) is 10.2. The first kappa shape index (κ1) is 22.9. The lowest BCUT2D eigenvalue weighted by Gasteiger charge is -2.18. The molecule has 0 bridgehead atoms. The third kappa shape index (κ3) is 4.74. The maximum absolute atomic E-state index is 12.6. The summed E-state index contributed by atoms with van der Waals surface area (Å²) in [6.07, 6.45) is 0. The predicted octanol–water partition coefficient (Wildman–Crippen LogP) is 5.31. The largest absolute Gasteiger partial charge is 0.494 e. The van der Waals surface area contributed by atoms with Crippen LogP contribution in [0.5, 0.6) is 5.75 Å². The van der Waals surface area contributed by atoms with Crippen molar-refractivity contribution in [2.75, 3.05) is 12.4 Å². The summed E-state index contributed by atoms with van der Waals surface area (Å²) in [5.41, 5.74) is 3.60. The van der Waals surface area contributed by atoms with E-state index in [0.717, 1.165) is 17.1 Å². The van der Waals surface area contributed by atoms with Crippen LogP contribution < -0.4 is 10.1 Å². The van der Waals surface area contributed by atoms with E-state index < -0.39 is 0 Å². The fourth-order valence-electron chi connectivity index (χ4n) is 3.25. The van der Waals surface area contributed by atoms with Crippen molar-refractivity contribution in [3.63, 3.8) is 0 Å². The fourth-order valence-corrected chi connectivity index (χ4v) is 3.99. The lowest BCUT2D eigenvalue weighted by atomic mass is 9.87. The summed E-state index contributed by atoms with van der Waals surface area (Å²) < 4.78 is 11.4. The van der Waals surface area contributed by atoms with Gasteiger partial charge in [0.2, 0.25) is 5.13 Å². The van der Waals surface area contributed by atoms with Crippen molar-refractivity contribution in [1.29, 1.82) is 0 Å². The summed E-state index contributed by atoms with van der Waals surface area (Å²) in [4.78, 5) is 17.1. The highest BCUT2D eigenvalue weighted by molar-refractivity contribution is 7.10. The predicted molar refractivity (Wildman–Crippen MR) is 130 cm³/mol. The molecule has 0 saturated carbocycles. The smallest absolute Gasteiger partial charge is 0.257 e. The molecule has 2 heterocycles. The second kappa shape index (κ2) is 8.92. The Bertz CT molecular complexity index is 1310. The number of benzene rings is 2. The molecule has 0 unspecified atom stereocenters. The average molecular weight is 483 g/mol. The molecule has 0 atom stereocenters. The normalized spacial score (nSPS) is 11.5. The van der Waals surface area contributed by atoms with Crippen LogP contribution in [0.3, 0.4) is 0 Å². The van der Waals surface area contributed by atoms with E-state index in [9.17, 15) is 4.79 Å². The van der Waals surface area contributed by atoms with Crippen LogP contribution in [0.4, 0.5) is 5.13 Å². The average Bonchev–Trinajstić information content (AvgIpc) is 3.39. The number of hydrogen-bond donors (Lipinski definition) is 1. The zero-order chi connectivity index (χ0) is 23.8. The molecule has 1 amide bonds. The molecule has 4 rings (SSSR count). The lowest BCUT2D eigenvalue weighted by Crippen LogP contribution is -2.14. The molecule has 0 aliphatic heterocycles. The van der Waals surface area contributed by atoms with Gasteiger partial charge in [0.15, 0.2) is 11.5 Å². The van der Waals surface area contributed by atoms with Crippen molar-refractivity contribution in [2.24, 2.45) is 0 Å². The van der Waals surface area contributed by atoms with Gasteiger partial charge in [-0.2, -0.15) is 9.36 Å². The van der Waals surface area contributed by atoms with Crippen LogP contribution in [-0.2, 0) is 5.41 Å². The minimum absolute atomic E-state index is 0.0214. The zero-order valence-electron chi connectivity index (χ0n) is 18.9. The number of rotatable bonds is 5. The van der Waals surface area contributed by atoms with Crippen molar-refractivity contribution in [1.82, 2.24) is 24.4 Å². The summed E-state index contributed by atoms with van der Waals surface area (Å²) >= 11 is 7.24. The Kier molecular flexibility index (Phi) is 6.18. The fraction of sp³-hybridized carbons (Fsp3) is 0.261. The molecule has 33 heavy (non-hydrogen) atoms. The number of nitrogens with one attached hydrogen (secondary N) is 1. The summed E-state index contributed by atoms with van der Waals surface area (Å²) in [5, 5.41) is 12.2. The second-order valence-electron chi connectivity index (χ2n) is 8.46. The van der Waals surface area contributed by atoms with Gasteiger partial charge in [0.05, 0.1) is 12.8 Å². The Balaban J connectivity index is 1.55. The molecule has 4 aromatic rings.